The molecule has 1 N–H and O–H groups in total. The number of para-hydroxylation sites is 1. The quantitative estimate of drug-likeness (QED) is 0.667. The summed E-state index contributed by atoms with van der Waals surface area (Å²) in [5.74, 6) is -0.963. The van der Waals surface area contributed by atoms with Gasteiger partial charge < -0.3 is 19.9 Å². The van der Waals surface area contributed by atoms with Crippen molar-refractivity contribution < 1.29 is 23.5 Å². The summed E-state index contributed by atoms with van der Waals surface area (Å²) in [6.45, 7) is 4.80. The van der Waals surface area contributed by atoms with Crippen LogP contribution in [0.5, 0.6) is 5.75 Å². The highest BCUT2D eigenvalue weighted by atomic mass is 35.5. The summed E-state index contributed by atoms with van der Waals surface area (Å²) in [6.07, 6.45) is 0. The van der Waals surface area contributed by atoms with Gasteiger partial charge in [0.2, 0.25) is 5.91 Å². The van der Waals surface area contributed by atoms with Crippen molar-refractivity contribution >= 4 is 29.3 Å². The highest BCUT2D eigenvalue weighted by Crippen LogP contribution is 2.20. The largest absolute Gasteiger partial charge is 0.484 e. The molecule has 1 unspecified atom stereocenters. The van der Waals surface area contributed by atoms with Gasteiger partial charge in [-0.25, -0.2) is 4.39 Å². The summed E-state index contributed by atoms with van der Waals surface area (Å²) >= 11 is 6.01. The molecule has 0 radical (unpaired) electrons. The molecular formula is C24H27ClFN3O4. The molecular weight excluding hydrogens is 449 g/mol. The fourth-order valence-electron chi connectivity index (χ4n) is 3.55. The lowest BCUT2D eigenvalue weighted by molar-refractivity contribution is -0.139. The van der Waals surface area contributed by atoms with Crippen molar-refractivity contribution in [2.45, 2.75) is 19.9 Å². The first-order valence-electron chi connectivity index (χ1n) is 10.8. The zero-order valence-corrected chi connectivity index (χ0v) is 19.3. The van der Waals surface area contributed by atoms with Gasteiger partial charge in [-0.3, -0.25) is 14.4 Å². The van der Waals surface area contributed by atoms with Gasteiger partial charge in [0, 0.05) is 26.2 Å². The molecule has 176 valence electrons. The topological polar surface area (TPSA) is 79.0 Å². The second kappa shape index (κ2) is 11.1. The molecule has 1 saturated heterocycles. The van der Waals surface area contributed by atoms with Crippen LogP contribution < -0.4 is 10.1 Å². The van der Waals surface area contributed by atoms with E-state index in [2.05, 4.69) is 5.32 Å². The lowest BCUT2D eigenvalue weighted by Crippen LogP contribution is -2.57. The summed E-state index contributed by atoms with van der Waals surface area (Å²) in [5, 5.41) is 2.82. The minimum Gasteiger partial charge on any atom is -0.484 e. The summed E-state index contributed by atoms with van der Waals surface area (Å²) in [4.78, 5) is 41.4. The van der Waals surface area contributed by atoms with Gasteiger partial charge >= 0.3 is 0 Å². The zero-order chi connectivity index (χ0) is 24.0. The number of nitrogens with zero attached hydrogens (tertiary/aromatic N) is 2. The van der Waals surface area contributed by atoms with Crippen LogP contribution in [-0.2, 0) is 9.59 Å². The molecule has 1 heterocycles. The van der Waals surface area contributed by atoms with Crippen LogP contribution in [0.4, 0.5) is 4.39 Å². The molecule has 1 atom stereocenters. The van der Waals surface area contributed by atoms with Crippen molar-refractivity contribution in [2.75, 3.05) is 32.8 Å². The Balaban J connectivity index is 1.54. The Kier molecular flexibility index (Phi) is 8.27. The SMILES string of the molecule is CC(C)C(NC(=O)COc1ccccc1)C(=O)N1CCN(C(=O)c2ccc(F)cc2Cl)CC1. The number of rotatable bonds is 7. The molecule has 1 fully saturated rings. The van der Waals surface area contributed by atoms with E-state index in [0.717, 1.165) is 6.07 Å². The molecule has 0 bridgehead atoms. The minimum atomic E-state index is -0.703. The third kappa shape index (κ3) is 6.44. The monoisotopic (exact) mass is 475 g/mol. The van der Waals surface area contributed by atoms with E-state index in [1.54, 1.807) is 21.9 Å². The molecule has 1 aliphatic heterocycles. The number of carbonyl (C=O) groups excluding carboxylic acids is 3. The molecule has 2 aromatic carbocycles. The highest BCUT2D eigenvalue weighted by Gasteiger charge is 2.32. The van der Waals surface area contributed by atoms with Crippen LogP contribution in [0.1, 0.15) is 24.2 Å². The van der Waals surface area contributed by atoms with Crippen LogP contribution in [0.3, 0.4) is 0 Å². The Hall–Kier alpha value is -3.13. The Labute approximate surface area is 197 Å². The minimum absolute atomic E-state index is 0.0545. The molecule has 3 rings (SSSR count). The number of hydrogen-bond donors (Lipinski definition) is 1. The number of halogens is 2. The first-order valence-corrected chi connectivity index (χ1v) is 11.1. The van der Waals surface area contributed by atoms with Crippen molar-refractivity contribution in [1.29, 1.82) is 0 Å². The van der Waals surface area contributed by atoms with Crippen LogP contribution in [0.25, 0.3) is 0 Å². The van der Waals surface area contributed by atoms with E-state index in [0.29, 0.717) is 31.9 Å². The van der Waals surface area contributed by atoms with Gasteiger partial charge in [-0.2, -0.15) is 0 Å². The predicted octanol–water partition coefficient (Wildman–Crippen LogP) is 2.98. The third-order valence-corrected chi connectivity index (χ3v) is 5.72. The van der Waals surface area contributed by atoms with Crippen molar-refractivity contribution in [3.8, 4) is 5.75 Å². The summed E-state index contributed by atoms with van der Waals surface area (Å²) in [5.41, 5.74) is 0.226. The van der Waals surface area contributed by atoms with E-state index in [4.69, 9.17) is 16.3 Å². The number of nitrogens with one attached hydrogen (secondary N) is 1. The van der Waals surface area contributed by atoms with E-state index < -0.39 is 11.9 Å². The van der Waals surface area contributed by atoms with Crippen LogP contribution in [0.15, 0.2) is 48.5 Å². The first-order chi connectivity index (χ1) is 15.8. The second-order valence-electron chi connectivity index (χ2n) is 8.13. The molecule has 0 aromatic heterocycles. The molecule has 7 nitrogen and oxygen atoms in total. The Morgan fingerprint density at radius 1 is 1.03 bits per heavy atom. The van der Waals surface area contributed by atoms with E-state index in [1.807, 2.05) is 32.0 Å². The molecule has 1 aliphatic rings. The Morgan fingerprint density at radius 3 is 2.27 bits per heavy atom. The summed E-state index contributed by atoms with van der Waals surface area (Å²) < 4.78 is 18.7. The Morgan fingerprint density at radius 2 is 1.67 bits per heavy atom. The number of carbonyl (C=O) groups is 3. The van der Waals surface area contributed by atoms with Crippen molar-refractivity contribution in [2.24, 2.45) is 5.92 Å². The maximum Gasteiger partial charge on any atom is 0.258 e. The zero-order valence-electron chi connectivity index (χ0n) is 18.6. The molecule has 9 heteroatoms. The normalized spacial score (nSPS) is 14.7. The molecule has 2 aromatic rings. The van der Waals surface area contributed by atoms with Crippen molar-refractivity contribution in [3.63, 3.8) is 0 Å². The van der Waals surface area contributed by atoms with Gasteiger partial charge in [-0.05, 0) is 36.2 Å². The number of hydrogen-bond acceptors (Lipinski definition) is 4. The second-order valence-corrected chi connectivity index (χ2v) is 8.54. The van der Waals surface area contributed by atoms with Gasteiger partial charge in [0.1, 0.15) is 17.6 Å². The molecule has 0 saturated carbocycles. The van der Waals surface area contributed by atoms with E-state index in [9.17, 15) is 18.8 Å². The maximum absolute atomic E-state index is 13.3. The van der Waals surface area contributed by atoms with Crippen LogP contribution in [0.2, 0.25) is 5.02 Å². The third-order valence-electron chi connectivity index (χ3n) is 5.40. The lowest BCUT2D eigenvalue weighted by Gasteiger charge is -2.37. The van der Waals surface area contributed by atoms with Crippen molar-refractivity contribution in [3.05, 3.63) is 64.9 Å². The number of ether oxygens (including phenoxy) is 1. The summed E-state index contributed by atoms with van der Waals surface area (Å²) in [6, 6.07) is 11.9. The lowest BCUT2D eigenvalue weighted by atomic mass is 10.0. The van der Waals surface area contributed by atoms with Gasteiger partial charge in [0.05, 0.1) is 10.6 Å². The van der Waals surface area contributed by atoms with Crippen LogP contribution in [-0.4, -0.2) is 66.3 Å². The Bertz CT molecular complexity index is 994. The van der Waals surface area contributed by atoms with Gasteiger partial charge in [-0.15, -0.1) is 0 Å². The van der Waals surface area contributed by atoms with Crippen molar-refractivity contribution in [1.82, 2.24) is 15.1 Å². The maximum atomic E-state index is 13.3. The standard InChI is InChI=1S/C24H27ClFN3O4/c1-16(2)22(27-21(30)15-33-18-6-4-3-5-7-18)24(32)29-12-10-28(11-13-29)23(31)19-9-8-17(26)14-20(19)25/h3-9,14,16,22H,10-13,15H2,1-2H3,(H,27,30). The molecule has 33 heavy (non-hydrogen) atoms. The fourth-order valence-corrected chi connectivity index (χ4v) is 3.80. The highest BCUT2D eigenvalue weighted by molar-refractivity contribution is 6.33. The van der Waals surface area contributed by atoms with Crippen LogP contribution in [0, 0.1) is 11.7 Å². The average Bonchev–Trinajstić information content (AvgIpc) is 2.81. The van der Waals surface area contributed by atoms with Crippen LogP contribution >= 0.6 is 11.6 Å². The number of benzene rings is 2. The van der Waals surface area contributed by atoms with Gasteiger partial charge in [-0.1, -0.05) is 43.6 Å². The van der Waals surface area contributed by atoms with E-state index >= 15 is 0 Å². The first kappa shape index (κ1) is 24.5. The molecule has 3 amide bonds. The smallest absolute Gasteiger partial charge is 0.258 e. The van der Waals surface area contributed by atoms with E-state index in [-0.39, 0.29) is 40.8 Å². The molecule has 0 aliphatic carbocycles. The number of amides is 3. The van der Waals surface area contributed by atoms with E-state index in [1.165, 1.54) is 12.1 Å². The number of piperazine rings is 1. The van der Waals surface area contributed by atoms with Gasteiger partial charge in [0.15, 0.2) is 6.61 Å². The fraction of sp³-hybridized carbons (Fsp3) is 0.375. The van der Waals surface area contributed by atoms with Gasteiger partial charge in [0.25, 0.3) is 11.8 Å². The average molecular weight is 476 g/mol. The predicted molar refractivity (Wildman–Crippen MR) is 123 cm³/mol. The summed E-state index contributed by atoms with van der Waals surface area (Å²) in [7, 11) is 0. The molecule has 0 spiro atoms.